The van der Waals surface area contributed by atoms with Crippen molar-refractivity contribution in [1.82, 2.24) is 28.9 Å². The van der Waals surface area contributed by atoms with E-state index in [4.69, 9.17) is 4.74 Å². The van der Waals surface area contributed by atoms with Crippen LogP contribution in [0.4, 0.5) is 0 Å². The van der Waals surface area contributed by atoms with Crippen molar-refractivity contribution >= 4 is 44.4 Å². The summed E-state index contributed by atoms with van der Waals surface area (Å²) in [6.07, 6.45) is 11.6. The Morgan fingerprint density at radius 2 is 1.70 bits per heavy atom. The lowest BCUT2D eigenvalue weighted by Gasteiger charge is -2.39. The van der Waals surface area contributed by atoms with Crippen molar-refractivity contribution in [2.24, 2.45) is 13.0 Å². The zero-order valence-corrected chi connectivity index (χ0v) is 32.2. The van der Waals surface area contributed by atoms with Crippen molar-refractivity contribution in [3.63, 3.8) is 0 Å². The van der Waals surface area contributed by atoms with E-state index < -0.39 is 15.9 Å². The molecule has 53 heavy (non-hydrogen) atoms. The second kappa shape index (κ2) is 13.8. The second-order valence-corrected chi connectivity index (χ2v) is 17.8. The number of carbonyl (C=O) groups excluding carboxylic acids is 2. The summed E-state index contributed by atoms with van der Waals surface area (Å²) in [7, 11) is 1.88. The number of hydrogen-bond acceptors (Lipinski definition) is 7. The van der Waals surface area contributed by atoms with Gasteiger partial charge < -0.3 is 19.1 Å². The molecule has 5 heterocycles. The number of aromatic nitrogens is 3. The zero-order chi connectivity index (χ0) is 37.2. The minimum Gasteiger partial charge on any atom is -0.497 e. The number of amides is 2. The molecule has 0 spiro atoms. The highest BCUT2D eigenvalue weighted by molar-refractivity contribution is 7.90. The SMILES string of the molecule is COc1ccc2c(c1)C=C(c1c(C(=O)N3C4CC[C@@H]3CN(C)C4)cnn1C)Cn1c-2c(C2CCCCC2)c2ccc(C(=O)NS(=O)(=O)CC(C)C)cc21. The van der Waals surface area contributed by atoms with Gasteiger partial charge in [0.05, 0.1) is 42.6 Å². The fraction of sp³-hybridized carbons (Fsp3) is 0.488. The van der Waals surface area contributed by atoms with Crippen molar-refractivity contribution in [2.75, 3.05) is 33.0 Å². The molecular weight excluding hydrogens is 689 g/mol. The summed E-state index contributed by atoms with van der Waals surface area (Å²) >= 11 is 0. The molecule has 4 aliphatic rings. The molecule has 1 aliphatic carbocycles. The van der Waals surface area contributed by atoms with Crippen LogP contribution in [0.25, 0.3) is 33.8 Å². The van der Waals surface area contributed by atoms with Gasteiger partial charge in [0.2, 0.25) is 10.0 Å². The molecule has 0 radical (unpaired) electrons. The molecule has 4 aromatic rings. The number of ether oxygens (including phenoxy) is 1. The number of fused-ring (bicyclic) bond motifs is 7. The van der Waals surface area contributed by atoms with Crippen LogP contribution in [0.2, 0.25) is 0 Å². The highest BCUT2D eigenvalue weighted by atomic mass is 32.2. The molecule has 11 nitrogen and oxygen atoms in total. The number of nitrogens with zero attached hydrogens (tertiary/aromatic N) is 5. The number of methoxy groups -OCH3 is 1. The maximum absolute atomic E-state index is 14.6. The first-order valence-electron chi connectivity index (χ1n) is 19.1. The van der Waals surface area contributed by atoms with E-state index in [0.29, 0.717) is 18.0 Å². The number of likely N-dealkylation sites (N-methyl/N-ethyl adjacent to an activating group) is 1. The summed E-state index contributed by atoms with van der Waals surface area (Å²) in [6, 6.07) is 12.1. The Bertz CT molecular complexity index is 2230. The van der Waals surface area contributed by atoms with E-state index in [1.807, 2.05) is 43.8 Å². The van der Waals surface area contributed by atoms with Crippen LogP contribution < -0.4 is 9.46 Å². The second-order valence-electron chi connectivity index (χ2n) is 16.0. The monoisotopic (exact) mass is 738 g/mol. The van der Waals surface area contributed by atoms with Crippen molar-refractivity contribution in [1.29, 1.82) is 0 Å². The Hall–Kier alpha value is -4.42. The number of hydrogen-bond donors (Lipinski definition) is 1. The van der Waals surface area contributed by atoms with Gasteiger partial charge in [-0.05, 0) is 97.7 Å². The minimum absolute atomic E-state index is 0.0201. The number of likely N-dealkylation sites (tertiary alicyclic amines) is 1. The molecule has 1 N–H and O–H groups in total. The Labute approximate surface area is 312 Å². The van der Waals surface area contributed by atoms with Crippen molar-refractivity contribution in [3.8, 4) is 17.0 Å². The summed E-state index contributed by atoms with van der Waals surface area (Å²) in [5.41, 5.74) is 7.80. The molecule has 2 aromatic heterocycles. The van der Waals surface area contributed by atoms with Gasteiger partial charge >= 0.3 is 0 Å². The molecule has 8 rings (SSSR count). The van der Waals surface area contributed by atoms with Crippen LogP contribution >= 0.6 is 0 Å². The Morgan fingerprint density at radius 3 is 2.40 bits per heavy atom. The highest BCUT2D eigenvalue weighted by Crippen LogP contribution is 2.48. The van der Waals surface area contributed by atoms with Crippen LogP contribution in [0.1, 0.15) is 102 Å². The van der Waals surface area contributed by atoms with E-state index >= 15 is 0 Å². The van der Waals surface area contributed by atoms with Gasteiger partial charge in [-0.1, -0.05) is 39.2 Å². The minimum atomic E-state index is -3.81. The quantitative estimate of drug-likeness (QED) is 0.226. The van der Waals surface area contributed by atoms with Crippen LogP contribution in [0, 0.1) is 5.92 Å². The summed E-state index contributed by atoms with van der Waals surface area (Å²) in [5, 5.41) is 5.74. The van der Waals surface area contributed by atoms with Crippen molar-refractivity contribution in [2.45, 2.75) is 83.3 Å². The van der Waals surface area contributed by atoms with E-state index in [1.54, 1.807) is 19.4 Å². The molecular formula is C41H50N6O5S. The standard InChI is InChI=1S/C41H50N6O5S/c1-25(2)24-53(50,51)43-40(48)27-11-15-34-36(19-27)46-21-29(38-35(20-42-45(38)4)41(49)47-30-12-13-31(47)23-44(3)22-30)17-28-18-32(52-5)14-16-33(28)39(46)37(34)26-9-7-6-8-10-26/h11,14-20,25-26,30-31H,6-10,12-13,21-24H2,1-5H3,(H,43,48)/t30-,31?/m1/s1. The topological polar surface area (TPSA) is 119 Å². The highest BCUT2D eigenvalue weighted by Gasteiger charge is 2.43. The van der Waals surface area contributed by atoms with E-state index in [0.717, 1.165) is 96.4 Å². The molecule has 3 aliphatic heterocycles. The van der Waals surface area contributed by atoms with E-state index in [-0.39, 0.29) is 35.2 Å². The maximum Gasteiger partial charge on any atom is 0.264 e. The largest absolute Gasteiger partial charge is 0.497 e. The lowest BCUT2D eigenvalue weighted by atomic mass is 9.81. The third-order valence-corrected chi connectivity index (χ3v) is 13.3. The van der Waals surface area contributed by atoms with Gasteiger partial charge in [0.25, 0.3) is 11.8 Å². The van der Waals surface area contributed by atoms with E-state index in [9.17, 15) is 18.0 Å². The fourth-order valence-corrected chi connectivity index (χ4v) is 10.9. The first kappa shape index (κ1) is 35.6. The number of allylic oxidation sites excluding steroid dienone is 1. The summed E-state index contributed by atoms with van der Waals surface area (Å²) in [4.78, 5) is 32.5. The average molecular weight is 739 g/mol. The molecule has 2 bridgehead atoms. The summed E-state index contributed by atoms with van der Waals surface area (Å²) in [6.45, 7) is 5.78. The molecule has 280 valence electrons. The molecule has 2 saturated heterocycles. The zero-order valence-electron chi connectivity index (χ0n) is 31.4. The third-order valence-electron chi connectivity index (χ3n) is 11.7. The van der Waals surface area contributed by atoms with Crippen molar-refractivity contribution < 1.29 is 22.7 Å². The number of carbonyl (C=O) groups is 2. The van der Waals surface area contributed by atoms with Crippen LogP contribution in [0.3, 0.4) is 0 Å². The van der Waals surface area contributed by atoms with Gasteiger partial charge in [-0.2, -0.15) is 5.10 Å². The lowest BCUT2D eigenvalue weighted by Crippen LogP contribution is -2.54. The predicted molar refractivity (Wildman–Crippen MR) is 207 cm³/mol. The first-order valence-corrected chi connectivity index (χ1v) is 20.7. The molecule has 2 amide bonds. The van der Waals surface area contributed by atoms with Gasteiger partial charge in [0, 0.05) is 54.3 Å². The molecule has 3 fully saturated rings. The number of piperazine rings is 1. The number of sulfonamides is 1. The fourth-order valence-electron chi connectivity index (χ4n) is 9.57. The number of aryl methyl sites for hydroxylation is 1. The number of benzene rings is 2. The Morgan fingerprint density at radius 1 is 0.962 bits per heavy atom. The molecule has 1 saturated carbocycles. The van der Waals surface area contributed by atoms with Gasteiger partial charge in [-0.3, -0.25) is 14.3 Å². The van der Waals surface area contributed by atoms with Crippen LogP contribution in [-0.2, 0) is 23.6 Å². The normalized spacial score (nSPS) is 20.6. The summed E-state index contributed by atoms with van der Waals surface area (Å²) in [5.74, 6) is 0.182. The smallest absolute Gasteiger partial charge is 0.264 e. The summed E-state index contributed by atoms with van der Waals surface area (Å²) < 4.78 is 37.8. The first-order chi connectivity index (χ1) is 25.4. The van der Waals surface area contributed by atoms with Gasteiger partial charge in [-0.25, -0.2) is 13.1 Å². The van der Waals surface area contributed by atoms with E-state index in [2.05, 4.69) is 49.4 Å². The van der Waals surface area contributed by atoms with Gasteiger partial charge in [0.15, 0.2) is 0 Å². The Kier molecular flexibility index (Phi) is 9.25. The van der Waals surface area contributed by atoms with Gasteiger partial charge in [0.1, 0.15) is 5.75 Å². The van der Waals surface area contributed by atoms with Gasteiger partial charge in [-0.15, -0.1) is 0 Å². The van der Waals surface area contributed by atoms with Crippen molar-refractivity contribution in [3.05, 3.63) is 70.5 Å². The van der Waals surface area contributed by atoms with Crippen LogP contribution in [0.15, 0.2) is 42.6 Å². The average Bonchev–Trinajstić information content (AvgIpc) is 3.71. The third kappa shape index (κ3) is 6.47. The number of nitrogens with one attached hydrogen (secondary N) is 1. The van der Waals surface area contributed by atoms with Crippen LogP contribution in [-0.4, -0.2) is 89.5 Å². The lowest BCUT2D eigenvalue weighted by molar-refractivity contribution is 0.0472. The van der Waals surface area contributed by atoms with Crippen LogP contribution in [0.5, 0.6) is 5.75 Å². The maximum atomic E-state index is 14.6. The number of rotatable bonds is 8. The predicted octanol–water partition coefficient (Wildman–Crippen LogP) is 6.29. The Balaban J connectivity index is 1.30. The molecule has 12 heteroatoms. The molecule has 1 unspecified atom stereocenters. The van der Waals surface area contributed by atoms with E-state index in [1.165, 1.54) is 12.0 Å². The molecule has 2 aromatic carbocycles. The molecule has 2 atom stereocenters.